The number of hydrogen-bond donors (Lipinski definition) is 0. The summed E-state index contributed by atoms with van der Waals surface area (Å²) >= 11 is 0.941. The summed E-state index contributed by atoms with van der Waals surface area (Å²) in [6, 6.07) is -0.335. The summed E-state index contributed by atoms with van der Waals surface area (Å²) in [7, 11) is 1.56. The van der Waals surface area contributed by atoms with Gasteiger partial charge < -0.3 is 14.2 Å². The van der Waals surface area contributed by atoms with Crippen molar-refractivity contribution in [2.75, 3.05) is 18.6 Å². The Morgan fingerprint density at radius 3 is 2.73 bits per heavy atom. The zero-order chi connectivity index (χ0) is 15.9. The Balaban J connectivity index is 1.91. The zero-order valence-electron chi connectivity index (χ0n) is 11.8. The van der Waals surface area contributed by atoms with Gasteiger partial charge in [0.2, 0.25) is 5.89 Å². The summed E-state index contributed by atoms with van der Waals surface area (Å²) in [5.41, 5.74) is -0.895. The summed E-state index contributed by atoms with van der Waals surface area (Å²) in [5.74, 6) is 0.840. The fraction of sp³-hybridized carbons (Fsp3) is 0.583. The van der Waals surface area contributed by atoms with Gasteiger partial charge in [0.15, 0.2) is 16.6 Å². The smallest absolute Gasteiger partial charge is 0.380 e. The Morgan fingerprint density at radius 1 is 1.41 bits per heavy atom. The first-order valence-electron chi connectivity index (χ1n) is 6.51. The van der Waals surface area contributed by atoms with E-state index in [4.69, 9.17) is 9.26 Å². The Bertz CT molecular complexity index is 657. The number of methoxy groups -OCH3 is 1. The lowest BCUT2D eigenvalue weighted by Crippen LogP contribution is -2.25. The Labute approximate surface area is 127 Å². The van der Waals surface area contributed by atoms with Crippen molar-refractivity contribution < 1.29 is 22.4 Å². The number of aromatic nitrogens is 3. The summed E-state index contributed by atoms with van der Waals surface area (Å²) < 4.78 is 48.6. The van der Waals surface area contributed by atoms with Crippen molar-refractivity contribution in [2.45, 2.75) is 31.7 Å². The van der Waals surface area contributed by atoms with E-state index >= 15 is 0 Å². The molecule has 2 atom stereocenters. The van der Waals surface area contributed by atoms with E-state index in [1.165, 1.54) is 0 Å². The second-order valence-electron chi connectivity index (χ2n) is 4.95. The molecule has 120 valence electrons. The van der Waals surface area contributed by atoms with Crippen LogP contribution in [0.2, 0.25) is 0 Å². The van der Waals surface area contributed by atoms with Crippen LogP contribution < -0.4 is 4.90 Å². The molecule has 6 nitrogen and oxygen atoms in total. The average molecular weight is 334 g/mol. The number of alkyl halides is 3. The van der Waals surface area contributed by atoms with Crippen LogP contribution in [0, 0.1) is 6.92 Å². The molecular weight excluding hydrogens is 321 g/mol. The third kappa shape index (κ3) is 2.80. The largest absolute Gasteiger partial charge is 0.434 e. The normalized spacial score (nSPS) is 22.5. The highest BCUT2D eigenvalue weighted by Gasteiger charge is 2.40. The molecule has 0 bridgehead atoms. The van der Waals surface area contributed by atoms with Crippen molar-refractivity contribution in [3.05, 3.63) is 22.8 Å². The standard InChI is InChI=1S/C12H13F3N4O2S/c1-6-16-10(21-18-6)8-3-7(20-2)4-19(8)11-17-9(5-22-11)12(13,14)15/h5,7-8H,3-4H2,1-2H3/t7-,8+/m0/s1. The first-order chi connectivity index (χ1) is 10.4. The highest BCUT2D eigenvalue weighted by molar-refractivity contribution is 7.13. The Hall–Kier alpha value is -1.68. The van der Waals surface area contributed by atoms with E-state index in [1.807, 2.05) is 0 Å². The number of nitrogens with zero attached hydrogens (tertiary/aromatic N) is 4. The number of thiazole rings is 1. The van der Waals surface area contributed by atoms with E-state index in [-0.39, 0.29) is 17.3 Å². The van der Waals surface area contributed by atoms with Gasteiger partial charge in [-0.15, -0.1) is 11.3 Å². The fourth-order valence-corrected chi connectivity index (χ4v) is 3.28. The third-order valence-corrected chi connectivity index (χ3v) is 4.33. The monoisotopic (exact) mass is 334 g/mol. The van der Waals surface area contributed by atoms with Gasteiger partial charge in [-0.3, -0.25) is 0 Å². The van der Waals surface area contributed by atoms with Crippen LogP contribution in [0.25, 0.3) is 0 Å². The maximum atomic E-state index is 12.7. The number of anilines is 1. The van der Waals surface area contributed by atoms with Gasteiger partial charge in [-0.1, -0.05) is 5.16 Å². The van der Waals surface area contributed by atoms with Gasteiger partial charge >= 0.3 is 6.18 Å². The number of ether oxygens (including phenoxy) is 1. The second-order valence-corrected chi connectivity index (χ2v) is 5.79. The highest BCUT2D eigenvalue weighted by Crippen LogP contribution is 2.40. The molecule has 0 aromatic carbocycles. The summed E-state index contributed by atoms with van der Waals surface area (Å²) in [5, 5.41) is 5.01. The molecule has 1 aliphatic rings. The minimum atomic E-state index is -4.45. The van der Waals surface area contributed by atoms with Crippen LogP contribution in [0.15, 0.2) is 9.90 Å². The van der Waals surface area contributed by atoms with Gasteiger partial charge in [0, 0.05) is 25.5 Å². The summed E-state index contributed by atoms with van der Waals surface area (Å²) in [6.07, 6.45) is -4.03. The second kappa shape index (κ2) is 5.51. The Morgan fingerprint density at radius 2 is 2.18 bits per heavy atom. The van der Waals surface area contributed by atoms with Crippen LogP contribution in [0.1, 0.15) is 29.9 Å². The van der Waals surface area contributed by atoms with Crippen molar-refractivity contribution in [3.63, 3.8) is 0 Å². The lowest BCUT2D eigenvalue weighted by molar-refractivity contribution is -0.140. The maximum Gasteiger partial charge on any atom is 0.434 e. The van der Waals surface area contributed by atoms with Crippen LogP contribution in [0.3, 0.4) is 0 Å². The van der Waals surface area contributed by atoms with E-state index in [1.54, 1.807) is 18.9 Å². The van der Waals surface area contributed by atoms with Crippen molar-refractivity contribution in [1.29, 1.82) is 0 Å². The average Bonchev–Trinajstić information content (AvgIpc) is 3.15. The number of halogens is 3. The molecule has 0 radical (unpaired) electrons. The van der Waals surface area contributed by atoms with Gasteiger partial charge in [-0.2, -0.15) is 18.2 Å². The SMILES string of the molecule is CO[C@H]1C[C@H](c2nc(C)no2)N(c2nc(C(F)(F)F)cs2)C1. The first kappa shape index (κ1) is 15.2. The number of hydrogen-bond acceptors (Lipinski definition) is 7. The first-order valence-corrected chi connectivity index (χ1v) is 7.39. The molecule has 3 rings (SSSR count). The number of rotatable bonds is 3. The van der Waals surface area contributed by atoms with Gasteiger partial charge in [0.25, 0.3) is 0 Å². The molecule has 3 heterocycles. The molecule has 0 saturated carbocycles. The molecule has 2 aromatic heterocycles. The molecule has 0 N–H and O–H groups in total. The lowest BCUT2D eigenvalue weighted by Gasteiger charge is -2.20. The molecule has 10 heteroatoms. The molecule has 0 unspecified atom stereocenters. The van der Waals surface area contributed by atoms with E-state index < -0.39 is 11.9 Å². The zero-order valence-corrected chi connectivity index (χ0v) is 12.6. The minimum Gasteiger partial charge on any atom is -0.380 e. The van der Waals surface area contributed by atoms with Crippen molar-refractivity contribution in [1.82, 2.24) is 15.1 Å². The van der Waals surface area contributed by atoms with Gasteiger partial charge in [-0.05, 0) is 6.92 Å². The molecule has 22 heavy (non-hydrogen) atoms. The topological polar surface area (TPSA) is 64.3 Å². The molecule has 1 aliphatic heterocycles. The van der Waals surface area contributed by atoms with Crippen LogP contribution in [0.5, 0.6) is 0 Å². The third-order valence-electron chi connectivity index (χ3n) is 3.45. The van der Waals surface area contributed by atoms with Crippen LogP contribution in [0.4, 0.5) is 18.3 Å². The van der Waals surface area contributed by atoms with Crippen LogP contribution >= 0.6 is 11.3 Å². The molecule has 0 aliphatic carbocycles. The van der Waals surface area contributed by atoms with Crippen molar-refractivity contribution in [3.8, 4) is 0 Å². The highest BCUT2D eigenvalue weighted by atomic mass is 32.1. The van der Waals surface area contributed by atoms with E-state index in [9.17, 15) is 13.2 Å². The molecule has 0 amide bonds. The van der Waals surface area contributed by atoms with E-state index in [2.05, 4.69) is 15.1 Å². The van der Waals surface area contributed by atoms with Gasteiger partial charge in [0.05, 0.1) is 6.10 Å². The van der Waals surface area contributed by atoms with E-state index in [0.717, 1.165) is 16.7 Å². The molecule has 1 saturated heterocycles. The van der Waals surface area contributed by atoms with Crippen LogP contribution in [-0.2, 0) is 10.9 Å². The quantitative estimate of drug-likeness (QED) is 0.860. The molecule has 0 spiro atoms. The van der Waals surface area contributed by atoms with Crippen molar-refractivity contribution >= 4 is 16.5 Å². The number of aryl methyl sites for hydroxylation is 1. The minimum absolute atomic E-state index is 0.129. The summed E-state index contributed by atoms with van der Waals surface area (Å²) in [6.45, 7) is 2.11. The Kier molecular flexibility index (Phi) is 3.81. The molecule has 2 aromatic rings. The predicted octanol–water partition coefficient (Wildman–Crippen LogP) is 2.82. The summed E-state index contributed by atoms with van der Waals surface area (Å²) in [4.78, 5) is 9.58. The predicted molar refractivity (Wildman–Crippen MR) is 71.7 cm³/mol. The molecule has 1 fully saturated rings. The van der Waals surface area contributed by atoms with Gasteiger partial charge in [0.1, 0.15) is 6.04 Å². The van der Waals surface area contributed by atoms with Crippen molar-refractivity contribution in [2.24, 2.45) is 0 Å². The lowest BCUT2D eigenvalue weighted by atomic mass is 10.2. The molecular formula is C12H13F3N4O2S. The fourth-order valence-electron chi connectivity index (χ4n) is 2.39. The maximum absolute atomic E-state index is 12.7. The van der Waals surface area contributed by atoms with E-state index in [0.29, 0.717) is 24.7 Å². The van der Waals surface area contributed by atoms with Gasteiger partial charge in [-0.25, -0.2) is 4.98 Å². The van der Waals surface area contributed by atoms with Crippen LogP contribution in [-0.4, -0.2) is 34.9 Å².